The molecule has 0 radical (unpaired) electrons. The summed E-state index contributed by atoms with van der Waals surface area (Å²) in [6, 6.07) is 6.60. The smallest absolute Gasteiger partial charge is 0.0491 e. The van der Waals surface area contributed by atoms with Gasteiger partial charge >= 0.3 is 0 Å². The van der Waals surface area contributed by atoms with E-state index in [0.29, 0.717) is 0 Å². The maximum atomic E-state index is 3.57. The van der Waals surface area contributed by atoms with Gasteiger partial charge in [-0.3, -0.25) is 0 Å². The van der Waals surface area contributed by atoms with E-state index in [1.165, 1.54) is 27.7 Å². The van der Waals surface area contributed by atoms with Gasteiger partial charge in [-0.15, -0.1) is 0 Å². The van der Waals surface area contributed by atoms with E-state index in [1.54, 1.807) is 0 Å². The summed E-state index contributed by atoms with van der Waals surface area (Å²) in [5, 5.41) is 4.62. The Bertz CT molecular complexity index is 483. The van der Waals surface area contributed by atoms with Gasteiger partial charge in [-0.25, -0.2) is 0 Å². The molecule has 16 heavy (non-hydrogen) atoms. The van der Waals surface area contributed by atoms with Crippen LogP contribution in [0.25, 0.3) is 10.9 Å². The first-order valence-electron chi connectivity index (χ1n) is 6.07. The summed E-state index contributed by atoms with van der Waals surface area (Å²) >= 11 is 0. The van der Waals surface area contributed by atoms with Crippen LogP contribution in [0.3, 0.4) is 0 Å². The summed E-state index contributed by atoms with van der Waals surface area (Å²) in [5.41, 5.74) is 5.53. The molecule has 0 spiro atoms. The first-order valence-corrected chi connectivity index (χ1v) is 6.07. The Morgan fingerprint density at radius 1 is 1.19 bits per heavy atom. The van der Waals surface area contributed by atoms with Crippen molar-refractivity contribution in [3.63, 3.8) is 0 Å². The predicted octanol–water partition coefficient (Wildman–Crippen LogP) is 3.01. The fourth-order valence-corrected chi connectivity index (χ4v) is 2.41. The van der Waals surface area contributed by atoms with Crippen molar-refractivity contribution in [2.24, 2.45) is 0 Å². The van der Waals surface area contributed by atoms with Gasteiger partial charge in [0.05, 0.1) is 0 Å². The molecule has 0 aliphatic rings. The molecule has 0 aliphatic carbocycles. The number of aromatic nitrogens is 1. The van der Waals surface area contributed by atoms with E-state index in [2.05, 4.69) is 42.3 Å². The standard InChI is InChI=1S/C14H20N2/c1-4-10-7-6-8-12-11(5-2)13(9-15-3)16-14(10)12/h6-8,15-16H,4-5,9H2,1-3H3. The van der Waals surface area contributed by atoms with Crippen molar-refractivity contribution in [3.05, 3.63) is 35.0 Å². The number of para-hydroxylation sites is 1. The fourth-order valence-electron chi connectivity index (χ4n) is 2.41. The molecule has 0 amide bonds. The lowest BCUT2D eigenvalue weighted by Crippen LogP contribution is -2.07. The van der Waals surface area contributed by atoms with Crippen molar-refractivity contribution in [1.82, 2.24) is 10.3 Å². The van der Waals surface area contributed by atoms with Crippen molar-refractivity contribution in [1.29, 1.82) is 0 Å². The molecule has 0 aliphatic heterocycles. The Labute approximate surface area is 97.1 Å². The molecule has 1 aromatic carbocycles. The Hall–Kier alpha value is -1.28. The SMILES string of the molecule is CCc1c(CNC)[nH]c2c(CC)cccc12. The van der Waals surface area contributed by atoms with Crippen molar-refractivity contribution < 1.29 is 0 Å². The van der Waals surface area contributed by atoms with E-state index in [0.717, 1.165) is 19.4 Å². The van der Waals surface area contributed by atoms with E-state index >= 15 is 0 Å². The maximum Gasteiger partial charge on any atom is 0.0491 e. The van der Waals surface area contributed by atoms with Gasteiger partial charge in [0.25, 0.3) is 0 Å². The molecule has 86 valence electrons. The van der Waals surface area contributed by atoms with Gasteiger partial charge in [0, 0.05) is 23.1 Å². The lowest BCUT2D eigenvalue weighted by atomic mass is 10.0. The zero-order valence-corrected chi connectivity index (χ0v) is 10.4. The number of fused-ring (bicyclic) bond motifs is 1. The number of hydrogen-bond donors (Lipinski definition) is 2. The molecule has 0 saturated carbocycles. The largest absolute Gasteiger partial charge is 0.357 e. The minimum Gasteiger partial charge on any atom is -0.357 e. The summed E-state index contributed by atoms with van der Waals surface area (Å²) in [7, 11) is 1.99. The number of aryl methyl sites for hydroxylation is 2. The van der Waals surface area contributed by atoms with Gasteiger partial charge < -0.3 is 10.3 Å². The molecule has 0 fully saturated rings. The number of rotatable bonds is 4. The highest BCUT2D eigenvalue weighted by molar-refractivity contribution is 5.87. The minimum atomic E-state index is 0.918. The molecule has 0 atom stereocenters. The van der Waals surface area contributed by atoms with E-state index < -0.39 is 0 Å². The number of hydrogen-bond acceptors (Lipinski definition) is 1. The van der Waals surface area contributed by atoms with Gasteiger partial charge in [-0.1, -0.05) is 32.0 Å². The minimum absolute atomic E-state index is 0.918. The lowest BCUT2D eigenvalue weighted by Gasteiger charge is -2.00. The third-order valence-corrected chi connectivity index (χ3v) is 3.20. The second-order valence-electron chi connectivity index (χ2n) is 4.16. The fraction of sp³-hybridized carbons (Fsp3) is 0.429. The third kappa shape index (κ3) is 1.74. The molecule has 0 saturated heterocycles. The zero-order chi connectivity index (χ0) is 11.5. The van der Waals surface area contributed by atoms with Gasteiger partial charge in [-0.05, 0) is 31.0 Å². The van der Waals surface area contributed by atoms with Gasteiger partial charge in [-0.2, -0.15) is 0 Å². The molecule has 2 nitrogen and oxygen atoms in total. The van der Waals surface area contributed by atoms with Crippen LogP contribution in [0.1, 0.15) is 30.7 Å². The highest BCUT2D eigenvalue weighted by Gasteiger charge is 2.10. The summed E-state index contributed by atoms with van der Waals surface area (Å²) < 4.78 is 0. The molecule has 2 N–H and O–H groups in total. The van der Waals surface area contributed by atoms with E-state index in [9.17, 15) is 0 Å². The van der Waals surface area contributed by atoms with Crippen LogP contribution in [0, 0.1) is 0 Å². The summed E-state index contributed by atoms with van der Waals surface area (Å²) in [6.45, 7) is 5.35. The number of nitrogens with one attached hydrogen (secondary N) is 2. The Morgan fingerprint density at radius 3 is 2.62 bits per heavy atom. The highest BCUT2D eigenvalue weighted by atomic mass is 14.9. The lowest BCUT2D eigenvalue weighted by molar-refractivity contribution is 0.788. The summed E-state index contributed by atoms with van der Waals surface area (Å²) in [6.07, 6.45) is 2.17. The molecule has 0 unspecified atom stereocenters. The Kier molecular flexibility index (Phi) is 3.30. The molecule has 2 heteroatoms. The maximum absolute atomic E-state index is 3.57. The molecular formula is C14H20N2. The number of benzene rings is 1. The Balaban J connectivity index is 2.65. The number of aromatic amines is 1. The average molecular weight is 216 g/mol. The molecule has 2 aromatic rings. The van der Waals surface area contributed by atoms with Crippen LogP contribution in [0.2, 0.25) is 0 Å². The van der Waals surface area contributed by atoms with Crippen LogP contribution in [0.5, 0.6) is 0 Å². The van der Waals surface area contributed by atoms with Crippen LogP contribution in [-0.4, -0.2) is 12.0 Å². The third-order valence-electron chi connectivity index (χ3n) is 3.20. The van der Waals surface area contributed by atoms with Crippen LogP contribution >= 0.6 is 0 Å². The normalized spacial score (nSPS) is 11.2. The second-order valence-corrected chi connectivity index (χ2v) is 4.16. The van der Waals surface area contributed by atoms with E-state index in [-0.39, 0.29) is 0 Å². The summed E-state index contributed by atoms with van der Waals surface area (Å²) in [4.78, 5) is 3.57. The molecule has 2 rings (SSSR count). The van der Waals surface area contributed by atoms with Crippen molar-refractivity contribution in [2.45, 2.75) is 33.2 Å². The van der Waals surface area contributed by atoms with Gasteiger partial charge in [0.1, 0.15) is 0 Å². The van der Waals surface area contributed by atoms with Crippen molar-refractivity contribution in [2.75, 3.05) is 7.05 Å². The average Bonchev–Trinajstić information content (AvgIpc) is 2.66. The second kappa shape index (κ2) is 4.71. The topological polar surface area (TPSA) is 27.8 Å². The van der Waals surface area contributed by atoms with Crippen LogP contribution in [0.4, 0.5) is 0 Å². The van der Waals surface area contributed by atoms with Crippen molar-refractivity contribution in [3.8, 4) is 0 Å². The van der Waals surface area contributed by atoms with Crippen molar-refractivity contribution >= 4 is 10.9 Å². The number of H-pyrrole nitrogens is 1. The quantitative estimate of drug-likeness (QED) is 0.808. The van der Waals surface area contributed by atoms with E-state index in [4.69, 9.17) is 0 Å². The molecular weight excluding hydrogens is 196 g/mol. The van der Waals surface area contributed by atoms with Crippen LogP contribution < -0.4 is 5.32 Å². The molecule has 0 bridgehead atoms. The van der Waals surface area contributed by atoms with Gasteiger partial charge in [0.2, 0.25) is 0 Å². The van der Waals surface area contributed by atoms with E-state index in [1.807, 2.05) is 7.05 Å². The molecule has 1 heterocycles. The first-order chi connectivity index (χ1) is 7.81. The summed E-state index contributed by atoms with van der Waals surface area (Å²) in [5.74, 6) is 0. The van der Waals surface area contributed by atoms with Crippen LogP contribution in [0.15, 0.2) is 18.2 Å². The highest BCUT2D eigenvalue weighted by Crippen LogP contribution is 2.26. The Morgan fingerprint density at radius 2 is 2.00 bits per heavy atom. The van der Waals surface area contributed by atoms with Gasteiger partial charge in [0.15, 0.2) is 0 Å². The zero-order valence-electron chi connectivity index (χ0n) is 10.4. The van der Waals surface area contributed by atoms with Crippen LogP contribution in [-0.2, 0) is 19.4 Å². The predicted molar refractivity (Wildman–Crippen MR) is 69.8 cm³/mol. The first kappa shape index (κ1) is 11.2. The monoisotopic (exact) mass is 216 g/mol. The molecule has 1 aromatic heterocycles.